The quantitative estimate of drug-likeness (QED) is 0.173. The van der Waals surface area contributed by atoms with Crippen LogP contribution < -0.4 is 0 Å². The molecule has 9 aromatic carbocycles. The van der Waals surface area contributed by atoms with Gasteiger partial charge in [0.2, 0.25) is 0 Å². The number of furan rings is 2. The Labute approximate surface area is 379 Å². The van der Waals surface area contributed by atoms with Crippen molar-refractivity contribution < 1.29 is 8.83 Å². The van der Waals surface area contributed by atoms with E-state index >= 15 is 0 Å². The van der Waals surface area contributed by atoms with Gasteiger partial charge in [0.15, 0.2) is 17.5 Å². The van der Waals surface area contributed by atoms with Gasteiger partial charge in [0.05, 0.1) is 11.0 Å². The molecule has 6 nitrogen and oxygen atoms in total. The lowest BCUT2D eigenvalue weighted by Crippen LogP contribution is -2.14. The van der Waals surface area contributed by atoms with E-state index in [-0.39, 0.29) is 5.41 Å². The van der Waals surface area contributed by atoms with Gasteiger partial charge in [-0.3, -0.25) is 0 Å². The smallest absolute Gasteiger partial charge is 0.164 e. The number of rotatable bonds is 5. The van der Waals surface area contributed by atoms with Crippen molar-refractivity contribution in [2.75, 3.05) is 0 Å². The highest BCUT2D eigenvalue weighted by Gasteiger charge is 2.36. The van der Waals surface area contributed by atoms with Gasteiger partial charge in [-0.1, -0.05) is 141 Å². The summed E-state index contributed by atoms with van der Waals surface area (Å²) in [5.41, 5.74) is 16.8. The van der Waals surface area contributed by atoms with Gasteiger partial charge >= 0.3 is 0 Å². The standard InChI is InChI=1S/C60H38N4O2/c1-60(2)48-21-11-9-18-40(48)46-33-47-41-19-10-12-22-50(41)64(51(47)34-49(46)60)39-26-29-43-42-27-24-37(30-53(42)66-55(43)32-39)38-25-28-44-54(31-38)65-52-23-13-20-45(56(44)52)59-62-57(35-14-5-3-6-15-35)61-58(63-59)36-16-7-4-8-17-36/h3-34H,1-2H3. The number of nitrogens with zero attached hydrogens (tertiary/aromatic N) is 4. The fourth-order valence-corrected chi connectivity index (χ4v) is 10.6. The second-order valence-corrected chi connectivity index (χ2v) is 18.0. The summed E-state index contributed by atoms with van der Waals surface area (Å²) in [6.45, 7) is 4.69. The monoisotopic (exact) mass is 846 g/mol. The summed E-state index contributed by atoms with van der Waals surface area (Å²) in [6, 6.07) is 68.2. The van der Waals surface area contributed by atoms with Crippen LogP contribution in [0.15, 0.2) is 203 Å². The average Bonchev–Trinajstić information content (AvgIpc) is 4.09. The summed E-state index contributed by atoms with van der Waals surface area (Å²) in [7, 11) is 0. The second kappa shape index (κ2) is 13.7. The molecule has 6 heteroatoms. The zero-order valence-corrected chi connectivity index (χ0v) is 36.1. The SMILES string of the molecule is CC1(C)c2ccccc2-c2cc3c4ccccc4n(-c4ccc5c(c4)oc4cc(-c6ccc7c(c6)oc6cccc(-c8nc(-c9ccccc9)nc(-c9ccccc9)n8)c67)ccc45)c3cc21. The van der Waals surface area contributed by atoms with Crippen molar-refractivity contribution in [2.45, 2.75) is 19.3 Å². The van der Waals surface area contributed by atoms with E-state index < -0.39 is 0 Å². The lowest BCUT2D eigenvalue weighted by Gasteiger charge is -2.21. The highest BCUT2D eigenvalue weighted by atomic mass is 16.3. The summed E-state index contributed by atoms with van der Waals surface area (Å²) in [4.78, 5) is 15.0. The van der Waals surface area contributed by atoms with E-state index in [1.54, 1.807) is 0 Å². The van der Waals surface area contributed by atoms with E-state index in [9.17, 15) is 0 Å². The molecular weight excluding hydrogens is 809 g/mol. The third-order valence-corrected chi connectivity index (χ3v) is 13.9. The molecular formula is C60H38N4O2. The maximum atomic E-state index is 6.75. The van der Waals surface area contributed by atoms with E-state index in [1.807, 2.05) is 72.8 Å². The Balaban J connectivity index is 0.859. The Bertz CT molecular complexity index is 4080. The third-order valence-electron chi connectivity index (χ3n) is 13.9. The molecule has 0 spiro atoms. The van der Waals surface area contributed by atoms with Crippen molar-refractivity contribution in [1.29, 1.82) is 0 Å². The fraction of sp³-hybridized carbons (Fsp3) is 0.0500. The van der Waals surface area contributed by atoms with Crippen LogP contribution in [0.25, 0.3) is 128 Å². The Morgan fingerprint density at radius 3 is 1.71 bits per heavy atom. The van der Waals surface area contributed by atoms with Crippen molar-refractivity contribution in [1.82, 2.24) is 19.5 Å². The van der Waals surface area contributed by atoms with Crippen LogP contribution in [-0.4, -0.2) is 19.5 Å². The first-order valence-corrected chi connectivity index (χ1v) is 22.4. The number of fused-ring (bicyclic) bond motifs is 12. The summed E-state index contributed by atoms with van der Waals surface area (Å²) in [5.74, 6) is 1.83. The molecule has 0 fully saturated rings. The molecule has 0 N–H and O–H groups in total. The topological polar surface area (TPSA) is 69.9 Å². The van der Waals surface area contributed by atoms with Crippen LogP contribution in [0, 0.1) is 0 Å². The first-order chi connectivity index (χ1) is 32.4. The zero-order chi connectivity index (χ0) is 43.7. The molecule has 13 aromatic rings. The Morgan fingerprint density at radius 1 is 0.364 bits per heavy atom. The second-order valence-electron chi connectivity index (χ2n) is 18.0. The first kappa shape index (κ1) is 36.8. The van der Waals surface area contributed by atoms with E-state index in [2.05, 4.69) is 140 Å². The van der Waals surface area contributed by atoms with Crippen molar-refractivity contribution in [3.8, 4) is 62.1 Å². The molecule has 0 radical (unpaired) electrons. The summed E-state index contributed by atoms with van der Waals surface area (Å²) >= 11 is 0. The molecule has 4 aromatic heterocycles. The summed E-state index contributed by atoms with van der Waals surface area (Å²) in [5, 5.41) is 6.62. The largest absolute Gasteiger partial charge is 0.456 e. The molecule has 0 saturated heterocycles. The molecule has 66 heavy (non-hydrogen) atoms. The van der Waals surface area contributed by atoms with Crippen LogP contribution in [0.5, 0.6) is 0 Å². The number of aromatic nitrogens is 4. The minimum absolute atomic E-state index is 0.102. The fourth-order valence-electron chi connectivity index (χ4n) is 10.6. The predicted molar refractivity (Wildman–Crippen MR) is 268 cm³/mol. The molecule has 0 saturated carbocycles. The van der Waals surface area contributed by atoms with Gasteiger partial charge in [-0.15, -0.1) is 0 Å². The Morgan fingerprint density at radius 2 is 0.955 bits per heavy atom. The van der Waals surface area contributed by atoms with Gasteiger partial charge in [0.1, 0.15) is 22.3 Å². The van der Waals surface area contributed by atoms with Crippen LogP contribution in [0.2, 0.25) is 0 Å². The van der Waals surface area contributed by atoms with Crippen LogP contribution >= 0.6 is 0 Å². The van der Waals surface area contributed by atoms with Gasteiger partial charge < -0.3 is 13.4 Å². The number of hydrogen-bond acceptors (Lipinski definition) is 5. The van der Waals surface area contributed by atoms with Crippen molar-refractivity contribution in [3.63, 3.8) is 0 Å². The van der Waals surface area contributed by atoms with E-state index in [0.717, 1.165) is 77.4 Å². The highest BCUT2D eigenvalue weighted by molar-refractivity contribution is 6.14. The zero-order valence-electron chi connectivity index (χ0n) is 36.1. The molecule has 0 atom stereocenters. The first-order valence-electron chi connectivity index (χ1n) is 22.4. The number of para-hydroxylation sites is 1. The van der Waals surface area contributed by atoms with Crippen LogP contribution in [-0.2, 0) is 5.41 Å². The third kappa shape index (κ3) is 5.39. The lowest BCUT2D eigenvalue weighted by molar-refractivity contribution is 0.661. The Hall–Kier alpha value is -8.61. The molecule has 0 bridgehead atoms. The number of hydrogen-bond donors (Lipinski definition) is 0. The molecule has 4 heterocycles. The minimum Gasteiger partial charge on any atom is -0.456 e. The van der Waals surface area contributed by atoms with Gasteiger partial charge in [-0.05, 0) is 94.0 Å². The predicted octanol–water partition coefficient (Wildman–Crippen LogP) is 15.7. The maximum absolute atomic E-state index is 6.75. The molecule has 0 amide bonds. The molecule has 0 unspecified atom stereocenters. The van der Waals surface area contributed by atoms with Crippen molar-refractivity contribution >= 4 is 65.7 Å². The molecule has 1 aliphatic rings. The average molecular weight is 847 g/mol. The van der Waals surface area contributed by atoms with Crippen LogP contribution in [0.4, 0.5) is 0 Å². The highest BCUT2D eigenvalue weighted by Crippen LogP contribution is 2.51. The van der Waals surface area contributed by atoms with Crippen molar-refractivity contribution in [3.05, 3.63) is 205 Å². The van der Waals surface area contributed by atoms with Crippen LogP contribution in [0.3, 0.4) is 0 Å². The molecule has 1 aliphatic carbocycles. The van der Waals surface area contributed by atoms with Gasteiger partial charge in [-0.2, -0.15) is 0 Å². The van der Waals surface area contributed by atoms with Gasteiger partial charge in [0.25, 0.3) is 0 Å². The van der Waals surface area contributed by atoms with Crippen molar-refractivity contribution in [2.24, 2.45) is 0 Å². The molecule has 14 rings (SSSR count). The summed E-state index contributed by atoms with van der Waals surface area (Å²) < 4.78 is 15.8. The normalized spacial score (nSPS) is 13.1. The van der Waals surface area contributed by atoms with Crippen LogP contribution in [0.1, 0.15) is 25.0 Å². The number of benzene rings is 9. The van der Waals surface area contributed by atoms with E-state index in [0.29, 0.717) is 17.5 Å². The van der Waals surface area contributed by atoms with Gasteiger partial charge in [-0.25, -0.2) is 15.0 Å². The minimum atomic E-state index is -0.102. The molecule has 0 aliphatic heterocycles. The molecule has 310 valence electrons. The van der Waals surface area contributed by atoms with E-state index in [1.165, 1.54) is 44.1 Å². The summed E-state index contributed by atoms with van der Waals surface area (Å²) in [6.07, 6.45) is 0. The maximum Gasteiger partial charge on any atom is 0.164 e. The Kier molecular flexibility index (Phi) is 7.64. The lowest BCUT2D eigenvalue weighted by atomic mass is 9.82. The van der Waals surface area contributed by atoms with Gasteiger partial charge in [0, 0.05) is 66.2 Å². The van der Waals surface area contributed by atoms with E-state index in [4.69, 9.17) is 23.8 Å².